The lowest BCUT2D eigenvalue weighted by atomic mass is 9.92. The van der Waals surface area contributed by atoms with Crippen LogP contribution < -0.4 is 0 Å². The summed E-state index contributed by atoms with van der Waals surface area (Å²) in [5.41, 5.74) is 4.78. The second kappa shape index (κ2) is 17.8. The van der Waals surface area contributed by atoms with Gasteiger partial charge >= 0.3 is 0 Å². The molecule has 0 heterocycles. The first-order valence-electron chi connectivity index (χ1n) is 16.7. The van der Waals surface area contributed by atoms with Crippen molar-refractivity contribution in [2.24, 2.45) is 0 Å². The number of hydrogen-bond acceptors (Lipinski definition) is 4. The number of sulfone groups is 1. The van der Waals surface area contributed by atoms with Crippen LogP contribution in [0.1, 0.15) is 152 Å². The summed E-state index contributed by atoms with van der Waals surface area (Å²) in [5, 5.41) is 22.9. The highest BCUT2D eigenvalue weighted by Gasteiger charge is 2.31. The first-order valence-corrected chi connectivity index (χ1v) is 18.2. The molecule has 0 aliphatic carbocycles. The molecule has 2 rings (SSSR count). The largest absolute Gasteiger partial charge is 0.507 e. The zero-order valence-electron chi connectivity index (χ0n) is 27.0. The fraction of sp³-hybridized carbons (Fsp3) is 0.667. The van der Waals surface area contributed by atoms with E-state index in [0.717, 1.165) is 110 Å². The topological polar surface area (TPSA) is 74.6 Å². The van der Waals surface area contributed by atoms with Gasteiger partial charge in [-0.25, -0.2) is 8.42 Å². The average molecular weight is 587 g/mol. The zero-order chi connectivity index (χ0) is 30.4. The molecule has 41 heavy (non-hydrogen) atoms. The number of aryl methyl sites for hydroxylation is 2. The van der Waals surface area contributed by atoms with Gasteiger partial charge in [0, 0.05) is 0 Å². The molecule has 0 saturated heterocycles. The van der Waals surface area contributed by atoms with E-state index in [1.165, 1.54) is 0 Å². The first kappa shape index (κ1) is 35.2. The van der Waals surface area contributed by atoms with Crippen molar-refractivity contribution < 1.29 is 18.6 Å². The first-order chi connectivity index (χ1) is 19.7. The van der Waals surface area contributed by atoms with Gasteiger partial charge in [-0.2, -0.15) is 0 Å². The van der Waals surface area contributed by atoms with Crippen LogP contribution in [0.2, 0.25) is 0 Å². The molecule has 0 radical (unpaired) electrons. The zero-order valence-corrected chi connectivity index (χ0v) is 27.8. The highest BCUT2D eigenvalue weighted by Crippen LogP contribution is 2.41. The van der Waals surface area contributed by atoms with Gasteiger partial charge in [-0.15, -0.1) is 0 Å². The van der Waals surface area contributed by atoms with Gasteiger partial charge in [0.05, 0.1) is 9.79 Å². The third-order valence-corrected chi connectivity index (χ3v) is 10.3. The highest BCUT2D eigenvalue weighted by atomic mass is 32.2. The van der Waals surface area contributed by atoms with E-state index < -0.39 is 9.84 Å². The van der Waals surface area contributed by atoms with Gasteiger partial charge in [0.25, 0.3) is 0 Å². The number of phenolic OH excluding ortho intramolecular Hbond substituents is 2. The lowest BCUT2D eigenvalue weighted by Crippen LogP contribution is -2.15. The quantitative estimate of drug-likeness (QED) is 0.162. The van der Waals surface area contributed by atoms with Gasteiger partial charge in [0.2, 0.25) is 9.84 Å². The van der Waals surface area contributed by atoms with Crippen molar-refractivity contribution in [3.8, 4) is 11.5 Å². The Balaban J connectivity index is 3.00. The van der Waals surface area contributed by atoms with Crippen LogP contribution >= 0.6 is 0 Å². The Labute approximate surface area is 251 Å². The van der Waals surface area contributed by atoms with E-state index in [-0.39, 0.29) is 0 Å². The standard InChI is InChI=1S/C36H58O4S/c1-7-13-19-27-25-33(29(21-15-9-3)31(35(27)37)23-17-11-5)41(39,40)34-26-28(20-14-8-2)36(38)32(24-18-12-6)30(34)22-16-10-4/h25-26,37-38H,7-24H2,1-6H3. The smallest absolute Gasteiger partial charge is 0.207 e. The van der Waals surface area contributed by atoms with E-state index in [1.807, 2.05) is 0 Å². The molecule has 0 amide bonds. The Morgan fingerprint density at radius 3 is 1.02 bits per heavy atom. The van der Waals surface area contributed by atoms with E-state index in [0.29, 0.717) is 59.8 Å². The minimum Gasteiger partial charge on any atom is -0.507 e. The summed E-state index contributed by atoms with van der Waals surface area (Å²) in [6.07, 6.45) is 15.2. The molecule has 232 valence electrons. The van der Waals surface area contributed by atoms with Crippen molar-refractivity contribution in [3.05, 3.63) is 45.5 Å². The predicted octanol–water partition coefficient (Wildman–Crippen LogP) is 9.99. The number of unbranched alkanes of at least 4 members (excludes halogenated alkanes) is 6. The molecule has 0 saturated carbocycles. The lowest BCUT2D eigenvalue weighted by molar-refractivity contribution is 0.455. The van der Waals surface area contributed by atoms with E-state index in [1.54, 1.807) is 12.1 Å². The molecule has 0 bridgehead atoms. The average Bonchev–Trinajstić information content (AvgIpc) is 2.96. The van der Waals surface area contributed by atoms with Gasteiger partial charge in [0.1, 0.15) is 11.5 Å². The molecule has 2 aromatic carbocycles. The van der Waals surface area contributed by atoms with Crippen LogP contribution in [-0.2, 0) is 48.4 Å². The molecular formula is C36H58O4S. The number of rotatable bonds is 20. The SMILES string of the molecule is CCCCc1cc(S(=O)(=O)c2cc(CCCC)c(O)c(CCCC)c2CCCC)c(CCCC)c(CCCC)c1O. The molecule has 5 heteroatoms. The van der Waals surface area contributed by atoms with Crippen LogP contribution in [0.3, 0.4) is 0 Å². The third-order valence-electron chi connectivity index (χ3n) is 8.41. The van der Waals surface area contributed by atoms with Crippen molar-refractivity contribution in [3.63, 3.8) is 0 Å². The second-order valence-corrected chi connectivity index (χ2v) is 13.7. The Morgan fingerprint density at radius 2 is 0.732 bits per heavy atom. The summed E-state index contributed by atoms with van der Waals surface area (Å²) in [7, 11) is -3.91. The Kier molecular flexibility index (Phi) is 15.3. The van der Waals surface area contributed by atoms with Crippen LogP contribution in [0.5, 0.6) is 11.5 Å². The van der Waals surface area contributed by atoms with Crippen molar-refractivity contribution >= 4 is 9.84 Å². The van der Waals surface area contributed by atoms with E-state index in [2.05, 4.69) is 41.5 Å². The van der Waals surface area contributed by atoms with Gasteiger partial charge in [0.15, 0.2) is 0 Å². The molecular weight excluding hydrogens is 528 g/mol. The second-order valence-electron chi connectivity index (χ2n) is 11.8. The van der Waals surface area contributed by atoms with E-state index >= 15 is 0 Å². The van der Waals surface area contributed by atoms with Crippen LogP contribution in [0, 0.1) is 0 Å². The normalized spacial score (nSPS) is 11.9. The fourth-order valence-electron chi connectivity index (χ4n) is 5.81. The molecule has 0 fully saturated rings. The summed E-state index contributed by atoms with van der Waals surface area (Å²) >= 11 is 0. The van der Waals surface area contributed by atoms with Gasteiger partial charge in [-0.1, -0.05) is 80.1 Å². The molecule has 0 atom stereocenters. The molecule has 0 aromatic heterocycles. The summed E-state index contributed by atoms with van der Waals surface area (Å²) in [6, 6.07) is 3.60. The summed E-state index contributed by atoms with van der Waals surface area (Å²) in [6.45, 7) is 12.8. The summed E-state index contributed by atoms with van der Waals surface area (Å²) in [4.78, 5) is 0.763. The van der Waals surface area contributed by atoms with Gasteiger partial charge in [-0.3, -0.25) is 0 Å². The van der Waals surface area contributed by atoms with E-state index in [4.69, 9.17) is 0 Å². The Bertz CT molecular complexity index is 1110. The third kappa shape index (κ3) is 8.99. The Hall–Kier alpha value is -2.01. The molecule has 2 aromatic rings. The molecule has 0 unspecified atom stereocenters. The van der Waals surface area contributed by atoms with Crippen molar-refractivity contribution in [1.29, 1.82) is 0 Å². The maximum absolute atomic E-state index is 15.0. The highest BCUT2D eigenvalue weighted by molar-refractivity contribution is 7.91. The van der Waals surface area contributed by atoms with Gasteiger partial charge in [-0.05, 0) is 123 Å². The molecule has 4 nitrogen and oxygen atoms in total. The lowest BCUT2D eigenvalue weighted by Gasteiger charge is -2.23. The van der Waals surface area contributed by atoms with Crippen LogP contribution in [0.25, 0.3) is 0 Å². The van der Waals surface area contributed by atoms with Crippen LogP contribution in [-0.4, -0.2) is 18.6 Å². The number of aromatic hydroxyl groups is 2. The minimum atomic E-state index is -3.91. The molecule has 0 aliphatic rings. The maximum Gasteiger partial charge on any atom is 0.207 e. The van der Waals surface area contributed by atoms with Crippen molar-refractivity contribution in [2.75, 3.05) is 0 Å². The van der Waals surface area contributed by atoms with Crippen LogP contribution in [0.15, 0.2) is 21.9 Å². The number of benzene rings is 2. The van der Waals surface area contributed by atoms with Crippen LogP contribution in [0.4, 0.5) is 0 Å². The maximum atomic E-state index is 15.0. The fourth-order valence-corrected chi connectivity index (χ4v) is 7.74. The minimum absolute atomic E-state index is 0.307. The number of hydrogen-bond donors (Lipinski definition) is 2. The summed E-state index contributed by atoms with van der Waals surface area (Å²) < 4.78 is 29.9. The molecule has 0 aliphatic heterocycles. The van der Waals surface area contributed by atoms with Crippen molar-refractivity contribution in [1.82, 2.24) is 0 Å². The molecule has 2 N–H and O–H groups in total. The molecule has 0 spiro atoms. The monoisotopic (exact) mass is 586 g/mol. The van der Waals surface area contributed by atoms with E-state index in [9.17, 15) is 18.6 Å². The van der Waals surface area contributed by atoms with Gasteiger partial charge < -0.3 is 10.2 Å². The number of phenols is 2. The Morgan fingerprint density at radius 1 is 0.463 bits per heavy atom. The van der Waals surface area contributed by atoms with Crippen molar-refractivity contribution in [2.45, 2.75) is 167 Å². The summed E-state index contributed by atoms with van der Waals surface area (Å²) in [5.74, 6) is 0.613. The predicted molar refractivity (Wildman–Crippen MR) is 173 cm³/mol.